The van der Waals surface area contributed by atoms with E-state index in [1.165, 1.54) is 21.8 Å². The summed E-state index contributed by atoms with van der Waals surface area (Å²) in [6, 6.07) is 62.6. The molecule has 0 atom stereocenters. The highest BCUT2D eigenvalue weighted by molar-refractivity contribution is 6.19. The van der Waals surface area contributed by atoms with Crippen LogP contribution in [0.2, 0.25) is 0 Å². The van der Waals surface area contributed by atoms with Crippen molar-refractivity contribution >= 4 is 65.7 Å². The Morgan fingerprint density at radius 1 is 0.351 bits per heavy atom. The van der Waals surface area contributed by atoms with Crippen LogP contribution >= 0.6 is 0 Å². The maximum atomic E-state index is 6.76. The topological polar surface area (TPSA) is 69.9 Å². The summed E-state index contributed by atoms with van der Waals surface area (Å²) in [6.45, 7) is 0. The van der Waals surface area contributed by atoms with Crippen LogP contribution in [0.15, 0.2) is 191 Å². The van der Waals surface area contributed by atoms with Crippen LogP contribution < -0.4 is 0 Å². The summed E-state index contributed by atoms with van der Waals surface area (Å²) in [5.41, 5.74) is 11.3. The molecule has 4 heterocycles. The number of fused-ring (bicyclic) bond motifs is 9. The lowest BCUT2D eigenvalue weighted by atomic mass is 9.97. The van der Waals surface area contributed by atoms with Gasteiger partial charge in [-0.25, -0.2) is 15.0 Å². The van der Waals surface area contributed by atoms with Gasteiger partial charge in [-0.15, -0.1) is 0 Å². The summed E-state index contributed by atoms with van der Waals surface area (Å²) in [6.07, 6.45) is 0. The van der Waals surface area contributed by atoms with E-state index in [1.54, 1.807) is 0 Å². The van der Waals surface area contributed by atoms with E-state index >= 15 is 0 Å². The van der Waals surface area contributed by atoms with E-state index in [2.05, 4.69) is 108 Å². The van der Waals surface area contributed by atoms with E-state index in [-0.39, 0.29) is 0 Å². The Morgan fingerprint density at radius 2 is 0.877 bits per heavy atom. The van der Waals surface area contributed by atoms with Crippen molar-refractivity contribution in [2.24, 2.45) is 0 Å². The molecule has 0 amide bonds. The molecule has 0 saturated carbocycles. The van der Waals surface area contributed by atoms with E-state index in [1.807, 2.05) is 78.9 Å². The smallest absolute Gasteiger partial charge is 0.167 e. The summed E-state index contributed by atoms with van der Waals surface area (Å²) >= 11 is 0. The van der Waals surface area contributed by atoms with Gasteiger partial charge in [0.25, 0.3) is 0 Å². The highest BCUT2D eigenvalue weighted by Crippen LogP contribution is 2.44. The van der Waals surface area contributed by atoms with Gasteiger partial charge in [-0.2, -0.15) is 0 Å². The minimum absolute atomic E-state index is 0.548. The van der Waals surface area contributed by atoms with Crippen LogP contribution in [0.1, 0.15) is 0 Å². The Hall–Kier alpha value is -7.83. The number of furan rings is 2. The minimum atomic E-state index is 0.548. The van der Waals surface area contributed by atoms with Crippen molar-refractivity contribution in [3.8, 4) is 51.0 Å². The van der Waals surface area contributed by atoms with E-state index in [4.69, 9.17) is 23.8 Å². The third kappa shape index (κ3) is 4.87. The van der Waals surface area contributed by atoms with Crippen molar-refractivity contribution in [3.63, 3.8) is 0 Å². The monoisotopic (exact) mass is 730 g/mol. The summed E-state index contributed by atoms with van der Waals surface area (Å²) in [5.74, 6) is 1.75. The first-order chi connectivity index (χ1) is 28.3. The van der Waals surface area contributed by atoms with Crippen LogP contribution in [0.3, 0.4) is 0 Å². The number of rotatable bonds is 5. The molecular formula is C51H30N4O2. The van der Waals surface area contributed by atoms with Crippen molar-refractivity contribution in [3.05, 3.63) is 182 Å². The van der Waals surface area contributed by atoms with Gasteiger partial charge in [-0.05, 0) is 48.0 Å². The Bertz CT molecular complexity index is 3410. The fraction of sp³-hybridized carbons (Fsp3) is 0. The molecule has 0 aliphatic carbocycles. The number of hydrogen-bond donors (Lipinski definition) is 0. The molecule has 0 bridgehead atoms. The van der Waals surface area contributed by atoms with Crippen molar-refractivity contribution in [2.45, 2.75) is 0 Å². The molecule has 0 saturated heterocycles. The average Bonchev–Trinajstić information content (AvgIpc) is 3.96. The summed E-state index contributed by atoms with van der Waals surface area (Å²) in [7, 11) is 0. The maximum Gasteiger partial charge on any atom is 0.167 e. The second-order valence-electron chi connectivity index (χ2n) is 14.3. The molecule has 4 aromatic heterocycles. The zero-order chi connectivity index (χ0) is 37.5. The molecule has 0 spiro atoms. The third-order valence-corrected chi connectivity index (χ3v) is 11.1. The van der Waals surface area contributed by atoms with Crippen LogP contribution in [0.25, 0.3) is 117 Å². The molecule has 0 unspecified atom stereocenters. The predicted molar refractivity (Wildman–Crippen MR) is 230 cm³/mol. The van der Waals surface area contributed by atoms with E-state index in [9.17, 15) is 0 Å². The Kier molecular flexibility index (Phi) is 6.83. The van der Waals surface area contributed by atoms with Gasteiger partial charge in [-0.1, -0.05) is 140 Å². The molecular weight excluding hydrogens is 701 g/mol. The molecule has 266 valence electrons. The maximum absolute atomic E-state index is 6.76. The molecule has 0 N–H and O–H groups in total. The Labute approximate surface area is 325 Å². The van der Waals surface area contributed by atoms with Gasteiger partial charge in [0.15, 0.2) is 17.5 Å². The van der Waals surface area contributed by atoms with Gasteiger partial charge in [0, 0.05) is 54.7 Å². The van der Waals surface area contributed by atoms with Crippen molar-refractivity contribution in [1.82, 2.24) is 19.5 Å². The van der Waals surface area contributed by atoms with Gasteiger partial charge < -0.3 is 13.4 Å². The SMILES string of the molecule is c1ccc(-c2nc(-c3ccccc3)nc(-c3cccc4c3oc3cccc(-c5cccc6c5oc5ccc(-n7c8ccccc8c8ccccc87)cc56)c34)n2)cc1. The molecule has 12 aromatic rings. The molecule has 6 nitrogen and oxygen atoms in total. The lowest BCUT2D eigenvalue weighted by molar-refractivity contribution is 0.669. The lowest BCUT2D eigenvalue weighted by Crippen LogP contribution is -2.00. The predicted octanol–water partition coefficient (Wildman–Crippen LogP) is 13.4. The van der Waals surface area contributed by atoms with Crippen LogP contribution in [0.5, 0.6) is 0 Å². The molecule has 0 aliphatic rings. The summed E-state index contributed by atoms with van der Waals surface area (Å²) in [4.78, 5) is 15.0. The largest absolute Gasteiger partial charge is 0.455 e. The van der Waals surface area contributed by atoms with Gasteiger partial charge in [0.1, 0.15) is 22.3 Å². The zero-order valence-corrected chi connectivity index (χ0v) is 30.4. The number of aromatic nitrogens is 4. The normalized spacial score (nSPS) is 11.9. The standard InChI is InChI=1S/C51H30N4O2/c1-3-14-31(15-4-1)49-52-50(32-16-5-2-6-17-32)54-51(53-49)40-24-12-23-39-46-36(20-13-27-45(46)57-48(39)40)37-21-11-22-38-41-30-33(28-29-44(41)56-47(37)38)55-42-25-9-7-18-34(42)35-19-8-10-26-43(35)55/h1-30H. The highest BCUT2D eigenvalue weighted by atomic mass is 16.3. The highest BCUT2D eigenvalue weighted by Gasteiger charge is 2.22. The molecule has 12 rings (SSSR count). The summed E-state index contributed by atoms with van der Waals surface area (Å²) in [5, 5.41) is 6.58. The number of para-hydroxylation sites is 4. The molecule has 0 radical (unpaired) electrons. The van der Waals surface area contributed by atoms with Crippen LogP contribution in [-0.2, 0) is 0 Å². The average molecular weight is 731 g/mol. The first kappa shape index (κ1) is 31.5. The van der Waals surface area contributed by atoms with Gasteiger partial charge >= 0.3 is 0 Å². The third-order valence-electron chi connectivity index (χ3n) is 11.1. The van der Waals surface area contributed by atoms with E-state index < -0.39 is 0 Å². The lowest BCUT2D eigenvalue weighted by Gasteiger charge is -2.08. The first-order valence-electron chi connectivity index (χ1n) is 19.0. The zero-order valence-electron chi connectivity index (χ0n) is 30.4. The Balaban J connectivity index is 1.04. The number of benzene rings is 8. The quantitative estimate of drug-likeness (QED) is 0.176. The van der Waals surface area contributed by atoms with Gasteiger partial charge in [0.05, 0.1) is 16.6 Å². The van der Waals surface area contributed by atoms with Gasteiger partial charge in [0.2, 0.25) is 0 Å². The number of hydrogen-bond acceptors (Lipinski definition) is 5. The second-order valence-corrected chi connectivity index (χ2v) is 14.3. The molecule has 8 aromatic carbocycles. The number of nitrogens with zero attached hydrogens (tertiary/aromatic N) is 4. The van der Waals surface area contributed by atoms with Crippen LogP contribution in [0.4, 0.5) is 0 Å². The van der Waals surface area contributed by atoms with Crippen LogP contribution in [-0.4, -0.2) is 19.5 Å². The Morgan fingerprint density at radius 3 is 1.58 bits per heavy atom. The van der Waals surface area contributed by atoms with E-state index in [0.29, 0.717) is 17.5 Å². The van der Waals surface area contributed by atoms with Crippen molar-refractivity contribution < 1.29 is 8.83 Å². The van der Waals surface area contributed by atoms with Crippen molar-refractivity contribution in [1.29, 1.82) is 0 Å². The minimum Gasteiger partial charge on any atom is -0.455 e. The second kappa shape index (κ2) is 12.3. The molecule has 57 heavy (non-hydrogen) atoms. The fourth-order valence-corrected chi connectivity index (χ4v) is 8.52. The van der Waals surface area contributed by atoms with Crippen LogP contribution in [0, 0.1) is 0 Å². The summed E-state index contributed by atoms with van der Waals surface area (Å²) < 4.78 is 15.9. The van der Waals surface area contributed by atoms with Crippen molar-refractivity contribution in [2.75, 3.05) is 0 Å². The molecule has 0 fully saturated rings. The first-order valence-corrected chi connectivity index (χ1v) is 19.0. The fourth-order valence-electron chi connectivity index (χ4n) is 8.52. The molecule has 6 heteroatoms. The molecule has 0 aliphatic heterocycles. The van der Waals surface area contributed by atoms with E-state index in [0.717, 1.165) is 77.4 Å². The van der Waals surface area contributed by atoms with Gasteiger partial charge in [-0.3, -0.25) is 0 Å².